The summed E-state index contributed by atoms with van der Waals surface area (Å²) in [4.78, 5) is 36.2. The van der Waals surface area contributed by atoms with E-state index in [0.717, 1.165) is 23.7 Å². The van der Waals surface area contributed by atoms with Gasteiger partial charge in [-0.2, -0.15) is 0 Å². The average Bonchev–Trinajstić information content (AvgIpc) is 3.24. The van der Waals surface area contributed by atoms with Crippen molar-refractivity contribution in [3.8, 4) is 0 Å². The van der Waals surface area contributed by atoms with Crippen molar-refractivity contribution in [3.05, 3.63) is 23.5 Å². The molecule has 0 aromatic carbocycles. The van der Waals surface area contributed by atoms with Gasteiger partial charge in [0.25, 0.3) is 0 Å². The Hall–Kier alpha value is -1.97. The highest BCUT2D eigenvalue weighted by Gasteiger charge is 2.26. The van der Waals surface area contributed by atoms with E-state index >= 15 is 0 Å². The molecule has 0 radical (unpaired) electrons. The maximum atomic E-state index is 12.5. The van der Waals surface area contributed by atoms with Gasteiger partial charge in [0.1, 0.15) is 0 Å². The van der Waals surface area contributed by atoms with Crippen LogP contribution in [0.2, 0.25) is 0 Å². The molecule has 2 saturated heterocycles. The first-order chi connectivity index (χ1) is 12.7. The molecule has 9 heteroatoms. The van der Waals surface area contributed by atoms with Crippen molar-refractivity contribution in [2.75, 3.05) is 59.0 Å². The van der Waals surface area contributed by atoms with Crippen molar-refractivity contribution < 1.29 is 14.3 Å². The van der Waals surface area contributed by atoms with E-state index in [1.54, 1.807) is 11.3 Å². The predicted octanol–water partition coefficient (Wildman–Crippen LogP) is -0.0587. The molecule has 2 aliphatic heterocycles. The molecule has 0 saturated carbocycles. The van der Waals surface area contributed by atoms with Crippen LogP contribution in [0.15, 0.2) is 17.8 Å². The van der Waals surface area contributed by atoms with Crippen molar-refractivity contribution in [2.45, 2.75) is 6.42 Å². The molecule has 0 atom stereocenters. The number of amides is 2. The van der Waals surface area contributed by atoms with Crippen LogP contribution in [-0.4, -0.2) is 94.9 Å². The van der Waals surface area contributed by atoms with E-state index in [2.05, 4.69) is 9.88 Å². The lowest BCUT2D eigenvalue weighted by Gasteiger charge is -2.36. The van der Waals surface area contributed by atoms with Crippen molar-refractivity contribution in [3.63, 3.8) is 0 Å². The third-order valence-corrected chi connectivity index (χ3v) is 5.69. The minimum absolute atomic E-state index is 0.0797. The Kier molecular flexibility index (Phi) is 5.18. The molecule has 2 aliphatic rings. The lowest BCUT2D eigenvalue weighted by atomic mass is 10.2. The molecular weight excluding hydrogens is 354 g/mol. The van der Waals surface area contributed by atoms with Gasteiger partial charge in [-0.25, -0.2) is 4.98 Å². The lowest BCUT2D eigenvalue weighted by Crippen LogP contribution is -2.53. The van der Waals surface area contributed by atoms with Crippen molar-refractivity contribution in [1.29, 1.82) is 0 Å². The number of piperazine rings is 1. The number of carbonyl (C=O) groups excluding carboxylic acids is 2. The zero-order valence-electron chi connectivity index (χ0n) is 14.7. The van der Waals surface area contributed by atoms with Gasteiger partial charge in [-0.1, -0.05) is 0 Å². The Labute approximate surface area is 155 Å². The molecule has 0 aliphatic carbocycles. The minimum atomic E-state index is 0.0797. The summed E-state index contributed by atoms with van der Waals surface area (Å²) in [5.41, 5.74) is 0.799. The zero-order chi connectivity index (χ0) is 17.9. The quantitative estimate of drug-likeness (QED) is 0.747. The molecule has 0 unspecified atom stereocenters. The highest BCUT2D eigenvalue weighted by molar-refractivity contribution is 7.15. The van der Waals surface area contributed by atoms with Gasteiger partial charge in [-0.05, 0) is 0 Å². The molecule has 4 heterocycles. The summed E-state index contributed by atoms with van der Waals surface area (Å²) >= 11 is 1.56. The van der Waals surface area contributed by atoms with E-state index in [4.69, 9.17) is 4.74 Å². The summed E-state index contributed by atoms with van der Waals surface area (Å²) in [6, 6.07) is 0. The number of nitrogens with zero attached hydrogens (tertiary/aromatic N) is 5. The Morgan fingerprint density at radius 1 is 1.04 bits per heavy atom. The molecule has 2 aromatic rings. The van der Waals surface area contributed by atoms with Crippen LogP contribution in [-0.2, 0) is 20.7 Å². The Balaban J connectivity index is 1.25. The average molecular weight is 377 g/mol. The number of ether oxygens (including phenoxy) is 1. The Morgan fingerprint density at radius 3 is 2.42 bits per heavy atom. The van der Waals surface area contributed by atoms with Crippen molar-refractivity contribution >= 4 is 28.1 Å². The van der Waals surface area contributed by atoms with E-state index in [1.165, 1.54) is 0 Å². The van der Waals surface area contributed by atoms with Crippen molar-refractivity contribution in [1.82, 2.24) is 24.1 Å². The first-order valence-electron chi connectivity index (χ1n) is 8.96. The third-order valence-electron chi connectivity index (χ3n) is 4.92. The summed E-state index contributed by atoms with van der Waals surface area (Å²) in [5.74, 6) is 0.226. The molecule has 2 aromatic heterocycles. The van der Waals surface area contributed by atoms with Gasteiger partial charge in [0.05, 0.1) is 31.9 Å². The highest BCUT2D eigenvalue weighted by atomic mass is 32.1. The number of hydrogen-bond donors (Lipinski definition) is 0. The summed E-state index contributed by atoms with van der Waals surface area (Å²) in [7, 11) is 0. The predicted molar refractivity (Wildman–Crippen MR) is 97.2 cm³/mol. The molecule has 140 valence electrons. The molecule has 26 heavy (non-hydrogen) atoms. The maximum absolute atomic E-state index is 12.5. The number of aromatic nitrogens is 2. The normalized spacial score (nSPS) is 19.2. The maximum Gasteiger partial charge on any atom is 0.236 e. The molecule has 0 spiro atoms. The molecule has 4 rings (SSSR count). The van der Waals surface area contributed by atoms with Crippen LogP contribution >= 0.6 is 11.3 Å². The number of hydrogen-bond acceptors (Lipinski definition) is 6. The van der Waals surface area contributed by atoms with E-state index in [-0.39, 0.29) is 11.8 Å². The van der Waals surface area contributed by atoms with E-state index in [0.29, 0.717) is 52.4 Å². The molecule has 2 amide bonds. The second-order valence-electron chi connectivity index (χ2n) is 6.65. The van der Waals surface area contributed by atoms with Gasteiger partial charge in [-0.15, -0.1) is 11.3 Å². The van der Waals surface area contributed by atoms with Crippen LogP contribution in [0, 0.1) is 0 Å². The van der Waals surface area contributed by atoms with Crippen LogP contribution < -0.4 is 0 Å². The first-order valence-corrected chi connectivity index (χ1v) is 9.84. The van der Waals surface area contributed by atoms with Gasteiger partial charge in [0.15, 0.2) is 4.96 Å². The van der Waals surface area contributed by atoms with E-state index in [9.17, 15) is 9.59 Å². The Bertz CT molecular complexity index is 746. The van der Waals surface area contributed by atoms with Crippen LogP contribution in [0.5, 0.6) is 0 Å². The number of fused-ring (bicyclic) bond motifs is 1. The first kappa shape index (κ1) is 17.4. The van der Waals surface area contributed by atoms with Crippen LogP contribution in [0.3, 0.4) is 0 Å². The fraction of sp³-hybridized carbons (Fsp3) is 0.588. The van der Waals surface area contributed by atoms with E-state index < -0.39 is 0 Å². The largest absolute Gasteiger partial charge is 0.379 e. The van der Waals surface area contributed by atoms with Crippen LogP contribution in [0.1, 0.15) is 5.69 Å². The van der Waals surface area contributed by atoms with Gasteiger partial charge in [0, 0.05) is 57.0 Å². The highest BCUT2D eigenvalue weighted by Crippen LogP contribution is 2.13. The van der Waals surface area contributed by atoms with Gasteiger partial charge >= 0.3 is 0 Å². The van der Waals surface area contributed by atoms with Crippen LogP contribution in [0.25, 0.3) is 4.96 Å². The summed E-state index contributed by atoms with van der Waals surface area (Å²) in [6.45, 7) is 5.86. The van der Waals surface area contributed by atoms with Gasteiger partial charge in [0.2, 0.25) is 11.8 Å². The summed E-state index contributed by atoms with van der Waals surface area (Å²) in [5, 5.41) is 1.97. The molecule has 8 nitrogen and oxygen atoms in total. The SMILES string of the molecule is O=C(Cc1cn2ccsc2n1)N1CCN(C(=O)CN2CCOCC2)CC1. The number of thiazole rings is 1. The fourth-order valence-electron chi connectivity index (χ4n) is 3.38. The molecule has 2 fully saturated rings. The Morgan fingerprint density at radius 2 is 1.73 bits per heavy atom. The summed E-state index contributed by atoms with van der Waals surface area (Å²) < 4.78 is 7.25. The smallest absolute Gasteiger partial charge is 0.236 e. The van der Waals surface area contributed by atoms with E-state index in [1.807, 2.05) is 32.0 Å². The second kappa shape index (κ2) is 7.73. The molecule has 0 N–H and O–H groups in total. The minimum Gasteiger partial charge on any atom is -0.379 e. The fourth-order valence-corrected chi connectivity index (χ4v) is 4.10. The number of rotatable bonds is 4. The molecule has 0 bridgehead atoms. The monoisotopic (exact) mass is 377 g/mol. The summed E-state index contributed by atoms with van der Waals surface area (Å²) in [6.07, 6.45) is 4.17. The van der Waals surface area contributed by atoms with Gasteiger partial charge < -0.3 is 14.5 Å². The molecular formula is C17H23N5O3S. The van der Waals surface area contributed by atoms with Gasteiger partial charge in [-0.3, -0.25) is 18.9 Å². The number of morpholine rings is 1. The number of carbonyl (C=O) groups is 2. The number of imidazole rings is 1. The third kappa shape index (κ3) is 3.89. The lowest BCUT2D eigenvalue weighted by molar-refractivity contribution is -0.140. The standard InChI is InChI=1S/C17H23N5O3S/c23-15(11-14-12-22-7-10-26-17(22)18-14)20-1-3-21(4-2-20)16(24)13-19-5-8-25-9-6-19/h7,10,12H,1-6,8-9,11,13H2. The topological polar surface area (TPSA) is 70.4 Å². The van der Waals surface area contributed by atoms with Crippen molar-refractivity contribution in [2.24, 2.45) is 0 Å². The second-order valence-corrected chi connectivity index (χ2v) is 7.52. The van der Waals surface area contributed by atoms with Crippen LogP contribution in [0.4, 0.5) is 0 Å². The zero-order valence-corrected chi connectivity index (χ0v) is 15.5.